The Labute approximate surface area is 219 Å². The average Bonchev–Trinajstić information content (AvgIpc) is 3.23. The summed E-state index contributed by atoms with van der Waals surface area (Å²) < 4.78 is 51.4. The van der Waals surface area contributed by atoms with Crippen molar-refractivity contribution < 1.29 is 37.9 Å². The largest absolute Gasteiger partial charge is 0.496 e. The molecule has 0 unspecified atom stereocenters. The molecule has 0 atom stereocenters. The lowest BCUT2D eigenvalue weighted by atomic mass is 10.2. The Hall–Kier alpha value is -3.94. The van der Waals surface area contributed by atoms with Crippen LogP contribution < -0.4 is 24.6 Å². The second kappa shape index (κ2) is 11.2. The molecule has 4 rings (SSSR count). The smallest absolute Gasteiger partial charge is 0.332 e. The van der Waals surface area contributed by atoms with Crippen LogP contribution in [0.3, 0.4) is 0 Å². The lowest BCUT2D eigenvalue weighted by Crippen LogP contribution is -2.25. The fourth-order valence-corrected chi connectivity index (χ4v) is 3.94. The zero-order chi connectivity index (χ0) is 27.6. The quantitative estimate of drug-likeness (QED) is 0.271. The van der Waals surface area contributed by atoms with Crippen LogP contribution in [0, 0.1) is 18.6 Å². The third-order valence-electron chi connectivity index (χ3n) is 5.51. The molecule has 0 saturated heterocycles. The van der Waals surface area contributed by atoms with Crippen LogP contribution in [0.5, 0.6) is 23.1 Å². The summed E-state index contributed by atoms with van der Waals surface area (Å²) in [4.78, 5) is 24.1. The van der Waals surface area contributed by atoms with Gasteiger partial charge in [0.2, 0.25) is 5.88 Å². The molecule has 0 saturated carbocycles. The van der Waals surface area contributed by atoms with Crippen molar-refractivity contribution in [2.75, 3.05) is 27.4 Å². The van der Waals surface area contributed by atoms with Crippen LogP contribution in [0.25, 0.3) is 16.9 Å². The van der Waals surface area contributed by atoms with E-state index >= 15 is 0 Å². The first-order valence-electron chi connectivity index (χ1n) is 11.1. The first-order chi connectivity index (χ1) is 18.2. The number of aromatic nitrogens is 4. The normalized spacial score (nSPS) is 11.3. The number of H-pyrrole nitrogens is 1. The van der Waals surface area contributed by atoms with Crippen LogP contribution in [0.1, 0.15) is 11.4 Å². The van der Waals surface area contributed by atoms with Gasteiger partial charge in [-0.1, -0.05) is 11.6 Å². The van der Waals surface area contributed by atoms with Crippen LogP contribution in [0.2, 0.25) is 5.02 Å². The van der Waals surface area contributed by atoms with Crippen LogP contribution >= 0.6 is 11.6 Å². The number of hydrogen-bond acceptors (Lipinski definition) is 9. The summed E-state index contributed by atoms with van der Waals surface area (Å²) in [6.07, 6.45) is -1.05. The Morgan fingerprint density at radius 3 is 2.47 bits per heavy atom. The van der Waals surface area contributed by atoms with Gasteiger partial charge in [-0.15, -0.1) is 0 Å². The summed E-state index contributed by atoms with van der Waals surface area (Å²) in [5.41, 5.74) is -0.368. The number of nitrogens with one attached hydrogen (secondary N) is 1. The van der Waals surface area contributed by atoms with Crippen LogP contribution in [0.4, 0.5) is 8.78 Å². The molecule has 2 aromatic heterocycles. The molecule has 0 aliphatic heterocycles. The predicted molar refractivity (Wildman–Crippen MR) is 132 cm³/mol. The highest BCUT2D eigenvalue weighted by atomic mass is 35.5. The predicted octanol–water partition coefficient (Wildman–Crippen LogP) is 2.68. The summed E-state index contributed by atoms with van der Waals surface area (Å²) in [6.45, 7) is 0.0197. The number of benzene rings is 2. The van der Waals surface area contributed by atoms with Crippen molar-refractivity contribution in [1.82, 2.24) is 19.5 Å². The number of ether oxygens (including phenoxy) is 4. The standard InChI is InChI=1S/C24H23ClF2N4O7/c1-11-28-22-21(23(29-11)36-3)30-24(34)31(22)16-7-18(19(6-14(16)25)38-12(8-32)9-33)37-10-13-17(35-2)5-4-15(26)20(13)27/h4-7,12,32-33H,8-10H2,1-3H3,(H,30,34). The molecular formula is C24H23ClF2N4O7. The minimum atomic E-state index is -1.17. The number of rotatable bonds is 10. The Morgan fingerprint density at radius 1 is 1.08 bits per heavy atom. The molecule has 38 heavy (non-hydrogen) atoms. The summed E-state index contributed by atoms with van der Waals surface area (Å²) in [7, 11) is 2.68. The molecule has 0 radical (unpaired) electrons. The third kappa shape index (κ3) is 5.08. The van der Waals surface area contributed by atoms with Gasteiger partial charge in [0.05, 0.1) is 43.7 Å². The minimum Gasteiger partial charge on any atom is -0.496 e. The number of imidazole rings is 1. The SMILES string of the molecule is COc1ccc(F)c(F)c1COc1cc(-n2c(=O)[nH]c3c(OC)nc(C)nc32)c(Cl)cc1OC(CO)CO. The molecule has 0 aliphatic rings. The topological polar surface area (TPSA) is 141 Å². The molecule has 0 amide bonds. The van der Waals surface area contributed by atoms with Crippen molar-refractivity contribution in [3.05, 3.63) is 62.8 Å². The van der Waals surface area contributed by atoms with E-state index in [2.05, 4.69) is 15.0 Å². The van der Waals surface area contributed by atoms with Crippen molar-refractivity contribution >= 4 is 22.8 Å². The fraction of sp³-hybridized carbons (Fsp3) is 0.292. The Balaban J connectivity index is 1.87. The Morgan fingerprint density at radius 2 is 1.82 bits per heavy atom. The molecule has 4 aromatic rings. The van der Waals surface area contributed by atoms with Crippen molar-refractivity contribution in [3.8, 4) is 28.8 Å². The number of aliphatic hydroxyl groups is 2. The van der Waals surface area contributed by atoms with Gasteiger partial charge < -0.3 is 29.2 Å². The maximum atomic E-state index is 14.5. The number of aliphatic hydroxyl groups excluding tert-OH is 2. The molecule has 14 heteroatoms. The summed E-state index contributed by atoms with van der Waals surface area (Å²) in [6, 6.07) is 4.78. The third-order valence-corrected chi connectivity index (χ3v) is 5.81. The summed E-state index contributed by atoms with van der Waals surface area (Å²) >= 11 is 6.52. The number of aromatic amines is 1. The van der Waals surface area contributed by atoms with Crippen LogP contribution in [-0.4, -0.2) is 63.3 Å². The number of fused-ring (bicyclic) bond motifs is 1. The summed E-state index contributed by atoms with van der Waals surface area (Å²) in [5.74, 6) is -1.89. The van der Waals surface area contributed by atoms with Crippen molar-refractivity contribution in [2.45, 2.75) is 19.6 Å². The molecule has 0 bridgehead atoms. The Bertz CT molecular complexity index is 1540. The van der Waals surface area contributed by atoms with Crippen LogP contribution in [0.15, 0.2) is 29.1 Å². The number of halogens is 3. The molecule has 11 nitrogen and oxygen atoms in total. The molecule has 3 N–H and O–H groups in total. The van der Waals surface area contributed by atoms with Gasteiger partial charge in [0.15, 0.2) is 28.8 Å². The molecule has 0 fully saturated rings. The summed E-state index contributed by atoms with van der Waals surface area (Å²) in [5, 5.41) is 19.0. The van der Waals surface area contributed by atoms with Gasteiger partial charge in [-0.25, -0.2) is 23.1 Å². The zero-order valence-electron chi connectivity index (χ0n) is 20.4. The lowest BCUT2D eigenvalue weighted by molar-refractivity contribution is 0.0601. The van der Waals surface area contributed by atoms with E-state index in [0.29, 0.717) is 5.82 Å². The van der Waals surface area contributed by atoms with Crippen molar-refractivity contribution in [2.24, 2.45) is 0 Å². The zero-order valence-corrected chi connectivity index (χ0v) is 21.2. The first-order valence-corrected chi connectivity index (χ1v) is 11.5. The number of methoxy groups -OCH3 is 2. The highest BCUT2D eigenvalue weighted by Crippen LogP contribution is 2.38. The number of hydrogen-bond donors (Lipinski definition) is 3. The van der Waals surface area contributed by atoms with Gasteiger partial charge in [0, 0.05) is 12.1 Å². The highest BCUT2D eigenvalue weighted by molar-refractivity contribution is 6.32. The van der Waals surface area contributed by atoms with Crippen LogP contribution in [-0.2, 0) is 6.61 Å². The molecule has 0 spiro atoms. The van der Waals surface area contributed by atoms with Crippen molar-refractivity contribution in [1.29, 1.82) is 0 Å². The molecular weight excluding hydrogens is 530 g/mol. The molecule has 2 heterocycles. The van der Waals surface area contributed by atoms with E-state index in [1.54, 1.807) is 6.92 Å². The van der Waals surface area contributed by atoms with E-state index in [1.807, 2.05) is 0 Å². The van der Waals surface area contributed by atoms with Gasteiger partial charge in [-0.05, 0) is 19.1 Å². The second-order valence-corrected chi connectivity index (χ2v) is 8.34. The number of nitrogens with zero attached hydrogens (tertiary/aromatic N) is 3. The lowest BCUT2D eigenvalue weighted by Gasteiger charge is -2.20. The van der Waals surface area contributed by atoms with E-state index < -0.39 is 43.2 Å². The number of aryl methyl sites for hydroxylation is 1. The van der Waals surface area contributed by atoms with Gasteiger partial charge >= 0.3 is 5.69 Å². The minimum absolute atomic E-state index is 0.00901. The van der Waals surface area contributed by atoms with E-state index in [9.17, 15) is 23.8 Å². The van der Waals surface area contributed by atoms with Crippen molar-refractivity contribution in [3.63, 3.8) is 0 Å². The van der Waals surface area contributed by atoms with E-state index in [-0.39, 0.29) is 50.6 Å². The average molecular weight is 553 g/mol. The maximum Gasteiger partial charge on any atom is 0.332 e. The second-order valence-electron chi connectivity index (χ2n) is 7.93. The van der Waals surface area contributed by atoms with Gasteiger partial charge in [-0.3, -0.25) is 4.98 Å². The maximum absolute atomic E-state index is 14.5. The first kappa shape index (κ1) is 27.1. The molecule has 2 aromatic carbocycles. The Kier molecular flexibility index (Phi) is 7.99. The van der Waals surface area contributed by atoms with E-state index in [4.69, 9.17) is 30.5 Å². The monoisotopic (exact) mass is 552 g/mol. The highest BCUT2D eigenvalue weighted by Gasteiger charge is 2.23. The fourth-order valence-electron chi connectivity index (χ4n) is 3.70. The van der Waals surface area contributed by atoms with Gasteiger partial charge in [-0.2, -0.15) is 4.98 Å². The molecule has 202 valence electrons. The molecule has 0 aliphatic carbocycles. The van der Waals surface area contributed by atoms with E-state index in [0.717, 1.165) is 10.6 Å². The van der Waals surface area contributed by atoms with E-state index in [1.165, 1.54) is 32.4 Å². The van der Waals surface area contributed by atoms with Gasteiger partial charge in [0.25, 0.3) is 0 Å². The van der Waals surface area contributed by atoms with Gasteiger partial charge in [0.1, 0.15) is 29.8 Å².